The Kier molecular flexibility index (Phi) is 3.06. The minimum atomic E-state index is -0.423. The fourth-order valence-corrected chi connectivity index (χ4v) is 1.59. The lowest BCUT2D eigenvalue weighted by atomic mass is 10.1. The number of ether oxygens (including phenoxy) is 1. The van der Waals surface area contributed by atoms with Crippen molar-refractivity contribution in [3.05, 3.63) is 29.4 Å². The molecule has 2 rings (SSSR count). The topological polar surface area (TPSA) is 74.2 Å². The van der Waals surface area contributed by atoms with E-state index >= 15 is 0 Å². The molecule has 0 bridgehead atoms. The van der Waals surface area contributed by atoms with Gasteiger partial charge in [-0.1, -0.05) is 5.16 Å². The third-order valence-electron chi connectivity index (χ3n) is 2.45. The predicted molar refractivity (Wildman–Crippen MR) is 58.9 cm³/mol. The van der Waals surface area contributed by atoms with Crippen LogP contribution >= 0.6 is 0 Å². The van der Waals surface area contributed by atoms with E-state index in [2.05, 4.69) is 10.1 Å². The maximum atomic E-state index is 13.8. The fraction of sp³-hybridized carbons (Fsp3) is 0.273. The molecule has 0 aliphatic heterocycles. The smallest absolute Gasteiger partial charge is 0.240 e. The van der Waals surface area contributed by atoms with Gasteiger partial charge in [-0.2, -0.15) is 4.98 Å². The normalized spacial score (nSPS) is 10.6. The maximum Gasteiger partial charge on any atom is 0.240 e. The SMILES string of the molecule is COc1ccc(F)c(-c2noc(CN)n2)c1C. The van der Waals surface area contributed by atoms with Crippen LogP contribution in [0.5, 0.6) is 5.75 Å². The third-order valence-corrected chi connectivity index (χ3v) is 2.45. The van der Waals surface area contributed by atoms with Crippen molar-refractivity contribution in [3.8, 4) is 17.1 Å². The maximum absolute atomic E-state index is 13.8. The van der Waals surface area contributed by atoms with Gasteiger partial charge in [-0.15, -0.1) is 0 Å². The lowest BCUT2D eigenvalue weighted by Gasteiger charge is -2.08. The molecule has 90 valence electrons. The molecular weight excluding hydrogens is 225 g/mol. The molecule has 2 aromatic rings. The number of hydrogen-bond donors (Lipinski definition) is 1. The van der Waals surface area contributed by atoms with Crippen LogP contribution in [0.3, 0.4) is 0 Å². The summed E-state index contributed by atoms with van der Waals surface area (Å²) < 4.78 is 23.7. The molecule has 0 fully saturated rings. The second-order valence-corrected chi connectivity index (χ2v) is 3.47. The molecule has 0 saturated heterocycles. The molecule has 0 atom stereocenters. The van der Waals surface area contributed by atoms with E-state index in [1.807, 2.05) is 0 Å². The van der Waals surface area contributed by atoms with Crippen LogP contribution in [0.2, 0.25) is 0 Å². The van der Waals surface area contributed by atoms with E-state index in [1.54, 1.807) is 13.0 Å². The summed E-state index contributed by atoms with van der Waals surface area (Å²) in [6.07, 6.45) is 0. The number of hydrogen-bond acceptors (Lipinski definition) is 5. The molecule has 0 aliphatic carbocycles. The van der Waals surface area contributed by atoms with Crippen molar-refractivity contribution in [2.24, 2.45) is 5.73 Å². The number of benzene rings is 1. The van der Waals surface area contributed by atoms with Crippen LogP contribution in [0.4, 0.5) is 4.39 Å². The van der Waals surface area contributed by atoms with Crippen molar-refractivity contribution in [3.63, 3.8) is 0 Å². The Morgan fingerprint density at radius 1 is 1.47 bits per heavy atom. The molecule has 2 N–H and O–H groups in total. The number of aromatic nitrogens is 2. The quantitative estimate of drug-likeness (QED) is 0.878. The average Bonchev–Trinajstić information content (AvgIpc) is 2.78. The molecule has 1 heterocycles. The van der Waals surface area contributed by atoms with Crippen molar-refractivity contribution in [2.45, 2.75) is 13.5 Å². The Labute approximate surface area is 97.4 Å². The highest BCUT2D eigenvalue weighted by Crippen LogP contribution is 2.30. The Morgan fingerprint density at radius 2 is 2.24 bits per heavy atom. The van der Waals surface area contributed by atoms with Gasteiger partial charge < -0.3 is 15.0 Å². The molecule has 1 aromatic heterocycles. The Morgan fingerprint density at radius 3 is 2.82 bits per heavy atom. The standard InChI is InChI=1S/C11H12FN3O2/c1-6-8(16-2)4-3-7(12)10(6)11-14-9(5-13)17-15-11/h3-4H,5,13H2,1-2H3. The van der Waals surface area contributed by atoms with E-state index in [4.69, 9.17) is 15.0 Å². The first-order valence-corrected chi connectivity index (χ1v) is 5.03. The molecule has 0 unspecified atom stereocenters. The monoisotopic (exact) mass is 237 g/mol. The van der Waals surface area contributed by atoms with Crippen molar-refractivity contribution in [1.29, 1.82) is 0 Å². The first kappa shape index (κ1) is 11.5. The highest BCUT2D eigenvalue weighted by Gasteiger charge is 2.17. The lowest BCUT2D eigenvalue weighted by molar-refractivity contribution is 0.380. The summed E-state index contributed by atoms with van der Waals surface area (Å²) in [7, 11) is 1.52. The van der Waals surface area contributed by atoms with Gasteiger partial charge in [0.25, 0.3) is 0 Å². The predicted octanol–water partition coefficient (Wildman–Crippen LogP) is 1.65. The van der Waals surface area contributed by atoms with E-state index in [0.29, 0.717) is 11.3 Å². The van der Waals surface area contributed by atoms with Crippen LogP contribution in [0.1, 0.15) is 11.5 Å². The summed E-state index contributed by atoms with van der Waals surface area (Å²) in [6, 6.07) is 2.86. The van der Waals surface area contributed by atoms with Gasteiger partial charge in [0.1, 0.15) is 11.6 Å². The van der Waals surface area contributed by atoms with Crippen LogP contribution in [-0.4, -0.2) is 17.3 Å². The van der Waals surface area contributed by atoms with Crippen LogP contribution in [0.15, 0.2) is 16.7 Å². The van der Waals surface area contributed by atoms with Gasteiger partial charge in [0.05, 0.1) is 19.2 Å². The first-order chi connectivity index (χ1) is 8.17. The second-order valence-electron chi connectivity index (χ2n) is 3.47. The molecule has 0 amide bonds. The molecule has 0 saturated carbocycles. The van der Waals surface area contributed by atoms with E-state index in [1.165, 1.54) is 13.2 Å². The van der Waals surface area contributed by atoms with Crippen molar-refractivity contribution < 1.29 is 13.7 Å². The minimum Gasteiger partial charge on any atom is -0.496 e. The van der Waals surface area contributed by atoms with Crippen LogP contribution < -0.4 is 10.5 Å². The minimum absolute atomic E-state index is 0.123. The van der Waals surface area contributed by atoms with Gasteiger partial charge in [0, 0.05) is 5.56 Å². The molecule has 0 radical (unpaired) electrons. The van der Waals surface area contributed by atoms with Crippen molar-refractivity contribution >= 4 is 0 Å². The highest BCUT2D eigenvalue weighted by atomic mass is 19.1. The summed E-state index contributed by atoms with van der Waals surface area (Å²) in [4.78, 5) is 4.00. The van der Waals surface area contributed by atoms with E-state index in [9.17, 15) is 4.39 Å². The number of nitrogens with zero attached hydrogens (tertiary/aromatic N) is 2. The molecule has 17 heavy (non-hydrogen) atoms. The summed E-state index contributed by atoms with van der Waals surface area (Å²) in [5, 5.41) is 3.69. The zero-order valence-corrected chi connectivity index (χ0v) is 9.53. The van der Waals surface area contributed by atoms with Gasteiger partial charge in [-0.25, -0.2) is 4.39 Å². The fourth-order valence-electron chi connectivity index (χ4n) is 1.59. The van der Waals surface area contributed by atoms with Crippen molar-refractivity contribution in [2.75, 3.05) is 7.11 Å². The summed E-state index contributed by atoms with van der Waals surface area (Å²) in [5.74, 6) is 0.592. The second kappa shape index (κ2) is 4.50. The third kappa shape index (κ3) is 1.99. The molecule has 5 nitrogen and oxygen atoms in total. The number of halogens is 1. The number of nitrogens with two attached hydrogens (primary N) is 1. The van der Waals surface area contributed by atoms with Gasteiger partial charge in [-0.3, -0.25) is 0 Å². The molecule has 0 aliphatic rings. The largest absolute Gasteiger partial charge is 0.496 e. The van der Waals surface area contributed by atoms with Crippen LogP contribution in [0.25, 0.3) is 11.4 Å². The molecule has 1 aromatic carbocycles. The zero-order valence-electron chi connectivity index (χ0n) is 9.53. The molecular formula is C11H12FN3O2. The number of rotatable bonds is 3. The summed E-state index contributed by atoms with van der Waals surface area (Å²) >= 11 is 0. The van der Waals surface area contributed by atoms with E-state index in [-0.39, 0.29) is 23.8 Å². The Bertz CT molecular complexity index is 540. The van der Waals surface area contributed by atoms with E-state index in [0.717, 1.165) is 0 Å². The lowest BCUT2D eigenvalue weighted by Crippen LogP contribution is -1.97. The summed E-state index contributed by atoms with van der Waals surface area (Å²) in [6.45, 7) is 1.85. The van der Waals surface area contributed by atoms with Gasteiger partial charge in [0.2, 0.25) is 11.7 Å². The van der Waals surface area contributed by atoms with Gasteiger partial charge in [0.15, 0.2) is 0 Å². The van der Waals surface area contributed by atoms with Gasteiger partial charge >= 0.3 is 0 Å². The zero-order chi connectivity index (χ0) is 12.4. The van der Waals surface area contributed by atoms with Crippen LogP contribution in [0, 0.1) is 12.7 Å². The Balaban J connectivity index is 2.57. The van der Waals surface area contributed by atoms with Crippen molar-refractivity contribution in [1.82, 2.24) is 10.1 Å². The van der Waals surface area contributed by atoms with E-state index < -0.39 is 5.82 Å². The first-order valence-electron chi connectivity index (χ1n) is 5.03. The highest BCUT2D eigenvalue weighted by molar-refractivity contribution is 5.64. The molecule has 6 heteroatoms. The van der Waals surface area contributed by atoms with Gasteiger partial charge in [-0.05, 0) is 19.1 Å². The molecule has 0 spiro atoms. The van der Waals surface area contributed by atoms with Crippen LogP contribution in [-0.2, 0) is 6.54 Å². The average molecular weight is 237 g/mol. The Hall–Kier alpha value is -1.95. The number of methoxy groups -OCH3 is 1. The summed E-state index contributed by atoms with van der Waals surface area (Å²) in [5.41, 5.74) is 6.25.